The van der Waals surface area contributed by atoms with Crippen LogP contribution in [0.1, 0.15) is 24.8 Å². The first kappa shape index (κ1) is 14.4. The number of likely N-dealkylation sites (tertiary alicyclic amines) is 1. The van der Waals surface area contributed by atoms with E-state index < -0.39 is 0 Å². The third-order valence-corrected chi connectivity index (χ3v) is 3.32. The van der Waals surface area contributed by atoms with Crippen LogP contribution in [-0.4, -0.2) is 24.0 Å². The van der Waals surface area contributed by atoms with E-state index in [0.717, 1.165) is 19.6 Å². The van der Waals surface area contributed by atoms with Crippen molar-refractivity contribution in [1.82, 2.24) is 4.90 Å². The Balaban J connectivity index is 0.00000144. The van der Waals surface area contributed by atoms with Crippen LogP contribution in [0.4, 0.5) is 4.39 Å². The summed E-state index contributed by atoms with van der Waals surface area (Å²) in [5.41, 5.74) is 6.94. The van der Waals surface area contributed by atoms with Gasteiger partial charge in [0.15, 0.2) is 0 Å². The standard InChI is InChI=1S/C13H19FN2.ClH/c14-12-6-4-11(5-7-12)10-16-8-2-1-3-13(16)9-15;/h4-7,13H,1-3,8-10,15H2;1H. The van der Waals surface area contributed by atoms with Crippen LogP contribution in [-0.2, 0) is 6.54 Å². The van der Waals surface area contributed by atoms with Gasteiger partial charge in [-0.3, -0.25) is 4.90 Å². The van der Waals surface area contributed by atoms with E-state index in [1.165, 1.54) is 37.0 Å². The van der Waals surface area contributed by atoms with Gasteiger partial charge in [0.1, 0.15) is 5.82 Å². The summed E-state index contributed by atoms with van der Waals surface area (Å²) in [7, 11) is 0. The summed E-state index contributed by atoms with van der Waals surface area (Å²) in [5, 5.41) is 0. The third kappa shape index (κ3) is 3.95. The Labute approximate surface area is 108 Å². The van der Waals surface area contributed by atoms with Gasteiger partial charge in [-0.05, 0) is 37.1 Å². The number of halogens is 2. The summed E-state index contributed by atoms with van der Waals surface area (Å²) >= 11 is 0. The van der Waals surface area contributed by atoms with E-state index in [4.69, 9.17) is 5.73 Å². The molecule has 1 fully saturated rings. The molecule has 1 saturated heterocycles. The molecule has 0 bridgehead atoms. The average molecular weight is 259 g/mol. The number of piperidine rings is 1. The second kappa shape index (κ2) is 6.94. The fourth-order valence-corrected chi connectivity index (χ4v) is 2.36. The molecule has 17 heavy (non-hydrogen) atoms. The number of rotatable bonds is 3. The maximum absolute atomic E-state index is 12.8. The Hall–Kier alpha value is -0.640. The normalized spacial score (nSPS) is 20.9. The highest BCUT2D eigenvalue weighted by molar-refractivity contribution is 5.85. The topological polar surface area (TPSA) is 29.3 Å². The fourth-order valence-electron chi connectivity index (χ4n) is 2.36. The lowest BCUT2D eigenvalue weighted by atomic mass is 10.0. The summed E-state index contributed by atoms with van der Waals surface area (Å²) < 4.78 is 12.8. The molecule has 1 unspecified atom stereocenters. The van der Waals surface area contributed by atoms with Crippen molar-refractivity contribution in [3.05, 3.63) is 35.6 Å². The van der Waals surface area contributed by atoms with E-state index in [9.17, 15) is 4.39 Å². The van der Waals surface area contributed by atoms with Crippen molar-refractivity contribution in [2.75, 3.05) is 13.1 Å². The van der Waals surface area contributed by atoms with Gasteiger partial charge in [-0.2, -0.15) is 0 Å². The predicted molar refractivity (Wildman–Crippen MR) is 70.8 cm³/mol. The molecule has 2 N–H and O–H groups in total. The monoisotopic (exact) mass is 258 g/mol. The summed E-state index contributed by atoms with van der Waals surface area (Å²) in [6, 6.07) is 7.27. The number of hydrogen-bond donors (Lipinski definition) is 1. The van der Waals surface area contributed by atoms with Gasteiger partial charge in [0, 0.05) is 19.1 Å². The molecule has 1 aliphatic rings. The van der Waals surface area contributed by atoms with E-state index >= 15 is 0 Å². The van der Waals surface area contributed by atoms with Crippen LogP contribution in [0, 0.1) is 5.82 Å². The Morgan fingerprint density at radius 3 is 2.59 bits per heavy atom. The molecular formula is C13H20ClFN2. The van der Waals surface area contributed by atoms with Crippen molar-refractivity contribution in [3.8, 4) is 0 Å². The lowest BCUT2D eigenvalue weighted by Gasteiger charge is -2.35. The van der Waals surface area contributed by atoms with Crippen molar-refractivity contribution >= 4 is 12.4 Å². The first-order valence-electron chi connectivity index (χ1n) is 5.98. The number of nitrogens with zero attached hydrogens (tertiary/aromatic N) is 1. The van der Waals surface area contributed by atoms with Crippen molar-refractivity contribution in [3.63, 3.8) is 0 Å². The van der Waals surface area contributed by atoms with Crippen LogP contribution in [0.25, 0.3) is 0 Å². The molecule has 0 amide bonds. The number of benzene rings is 1. The molecule has 0 saturated carbocycles. The van der Waals surface area contributed by atoms with Crippen LogP contribution >= 0.6 is 12.4 Å². The summed E-state index contributed by atoms with van der Waals surface area (Å²) in [5.74, 6) is -0.169. The van der Waals surface area contributed by atoms with Crippen molar-refractivity contribution in [1.29, 1.82) is 0 Å². The van der Waals surface area contributed by atoms with Crippen molar-refractivity contribution in [2.45, 2.75) is 31.8 Å². The van der Waals surface area contributed by atoms with Crippen LogP contribution in [0.3, 0.4) is 0 Å². The third-order valence-electron chi connectivity index (χ3n) is 3.32. The zero-order valence-electron chi connectivity index (χ0n) is 9.94. The lowest BCUT2D eigenvalue weighted by Crippen LogP contribution is -2.43. The van der Waals surface area contributed by atoms with Gasteiger partial charge in [-0.25, -0.2) is 4.39 Å². The molecule has 0 aromatic heterocycles. The van der Waals surface area contributed by atoms with E-state index in [1.54, 1.807) is 0 Å². The smallest absolute Gasteiger partial charge is 0.123 e. The van der Waals surface area contributed by atoms with Crippen LogP contribution in [0.2, 0.25) is 0 Å². The molecule has 1 aliphatic heterocycles. The van der Waals surface area contributed by atoms with Gasteiger partial charge in [0.25, 0.3) is 0 Å². The van der Waals surface area contributed by atoms with Gasteiger partial charge in [0.05, 0.1) is 0 Å². The Morgan fingerprint density at radius 1 is 1.24 bits per heavy atom. The molecule has 1 aromatic rings. The Kier molecular flexibility index (Phi) is 5.89. The van der Waals surface area contributed by atoms with Gasteiger partial charge in [-0.15, -0.1) is 12.4 Å². The molecule has 96 valence electrons. The molecule has 0 radical (unpaired) electrons. The van der Waals surface area contributed by atoms with E-state index in [0.29, 0.717) is 6.04 Å². The Morgan fingerprint density at radius 2 is 1.94 bits per heavy atom. The van der Waals surface area contributed by atoms with Gasteiger partial charge >= 0.3 is 0 Å². The highest BCUT2D eigenvalue weighted by Gasteiger charge is 2.20. The predicted octanol–water partition coefficient (Wildman–Crippen LogP) is 2.56. The zero-order valence-corrected chi connectivity index (χ0v) is 10.8. The maximum Gasteiger partial charge on any atom is 0.123 e. The average Bonchev–Trinajstić information content (AvgIpc) is 2.33. The molecule has 0 spiro atoms. The van der Waals surface area contributed by atoms with E-state index in [2.05, 4.69) is 4.90 Å². The number of nitrogens with two attached hydrogens (primary N) is 1. The highest BCUT2D eigenvalue weighted by atomic mass is 35.5. The van der Waals surface area contributed by atoms with Gasteiger partial charge in [0.2, 0.25) is 0 Å². The summed E-state index contributed by atoms with van der Waals surface area (Å²) in [6.45, 7) is 2.72. The molecule has 1 atom stereocenters. The molecule has 2 nitrogen and oxygen atoms in total. The van der Waals surface area contributed by atoms with Crippen molar-refractivity contribution in [2.24, 2.45) is 5.73 Å². The molecule has 1 aromatic carbocycles. The summed E-state index contributed by atoms with van der Waals surface area (Å²) in [4.78, 5) is 2.41. The minimum absolute atomic E-state index is 0. The first-order valence-corrected chi connectivity index (χ1v) is 5.98. The second-order valence-electron chi connectivity index (χ2n) is 4.48. The first-order chi connectivity index (χ1) is 7.79. The van der Waals surface area contributed by atoms with E-state index in [-0.39, 0.29) is 18.2 Å². The summed E-state index contributed by atoms with van der Waals surface area (Å²) in [6.07, 6.45) is 3.72. The molecule has 0 aliphatic carbocycles. The van der Waals surface area contributed by atoms with Crippen molar-refractivity contribution < 1.29 is 4.39 Å². The fraction of sp³-hybridized carbons (Fsp3) is 0.538. The number of hydrogen-bond acceptors (Lipinski definition) is 2. The van der Waals surface area contributed by atoms with Crippen LogP contribution in [0.5, 0.6) is 0 Å². The molecule has 1 heterocycles. The van der Waals surface area contributed by atoms with Crippen LogP contribution in [0.15, 0.2) is 24.3 Å². The molecule has 2 rings (SSSR count). The van der Waals surface area contributed by atoms with E-state index in [1.807, 2.05) is 12.1 Å². The molecule has 4 heteroatoms. The quantitative estimate of drug-likeness (QED) is 0.903. The second-order valence-corrected chi connectivity index (χ2v) is 4.48. The van der Waals surface area contributed by atoms with Gasteiger partial charge < -0.3 is 5.73 Å². The zero-order chi connectivity index (χ0) is 11.4. The Bertz CT molecular complexity index is 329. The lowest BCUT2D eigenvalue weighted by molar-refractivity contribution is 0.145. The minimum Gasteiger partial charge on any atom is -0.329 e. The SMILES string of the molecule is Cl.NCC1CCCCN1Cc1ccc(F)cc1. The largest absolute Gasteiger partial charge is 0.329 e. The van der Waals surface area contributed by atoms with Crippen LogP contribution < -0.4 is 5.73 Å². The maximum atomic E-state index is 12.8. The van der Waals surface area contributed by atoms with Gasteiger partial charge in [-0.1, -0.05) is 18.6 Å². The highest BCUT2D eigenvalue weighted by Crippen LogP contribution is 2.18. The molecular weight excluding hydrogens is 239 g/mol. The minimum atomic E-state index is -0.169.